The van der Waals surface area contributed by atoms with Gasteiger partial charge in [-0.15, -0.1) is 0 Å². The molecule has 2 aliphatic rings. The van der Waals surface area contributed by atoms with Crippen LogP contribution in [-0.4, -0.2) is 19.8 Å². The van der Waals surface area contributed by atoms with Gasteiger partial charge in [0.25, 0.3) is 0 Å². The summed E-state index contributed by atoms with van der Waals surface area (Å²) in [6, 6.07) is 0. The zero-order chi connectivity index (χ0) is 8.44. The third-order valence-electron chi connectivity index (χ3n) is 3.80. The maximum Gasteiger partial charge on any atom is 0.0500 e. The van der Waals surface area contributed by atoms with E-state index in [-0.39, 0.29) is 0 Å². The second-order valence-electron chi connectivity index (χ2n) is 4.33. The first kappa shape index (κ1) is 8.52. The molecule has 70 valence electrons. The Bertz CT molecular complexity index is 146. The van der Waals surface area contributed by atoms with Crippen molar-refractivity contribution in [1.82, 2.24) is 0 Å². The summed E-state index contributed by atoms with van der Waals surface area (Å²) in [6.07, 6.45) is 6.70. The lowest BCUT2D eigenvalue weighted by Gasteiger charge is -2.33. The van der Waals surface area contributed by atoms with Crippen molar-refractivity contribution in [3.05, 3.63) is 0 Å². The molecular formula is C10H19NO. The van der Waals surface area contributed by atoms with Crippen LogP contribution in [0.15, 0.2) is 0 Å². The first-order chi connectivity index (χ1) is 5.87. The van der Waals surface area contributed by atoms with Crippen LogP contribution >= 0.6 is 0 Å². The Hall–Kier alpha value is -0.0800. The third kappa shape index (κ3) is 1.27. The van der Waals surface area contributed by atoms with Crippen LogP contribution in [0.1, 0.15) is 32.1 Å². The largest absolute Gasteiger partial charge is 0.381 e. The van der Waals surface area contributed by atoms with E-state index in [4.69, 9.17) is 10.5 Å². The van der Waals surface area contributed by atoms with Crippen molar-refractivity contribution in [3.8, 4) is 0 Å². The molecule has 1 heterocycles. The summed E-state index contributed by atoms with van der Waals surface area (Å²) in [5, 5.41) is 0. The van der Waals surface area contributed by atoms with Crippen molar-refractivity contribution in [2.45, 2.75) is 32.1 Å². The van der Waals surface area contributed by atoms with E-state index < -0.39 is 0 Å². The van der Waals surface area contributed by atoms with Crippen molar-refractivity contribution < 1.29 is 4.74 Å². The number of hydrogen-bond donors (Lipinski definition) is 1. The number of ether oxygens (including phenoxy) is 1. The van der Waals surface area contributed by atoms with Gasteiger partial charge in [-0.1, -0.05) is 12.8 Å². The van der Waals surface area contributed by atoms with E-state index in [1.807, 2.05) is 0 Å². The summed E-state index contributed by atoms with van der Waals surface area (Å²) >= 11 is 0. The standard InChI is InChI=1S/C10H19NO/c11-8-10(4-1-2-5-10)9-3-6-12-7-9/h9H,1-8,11H2. The van der Waals surface area contributed by atoms with E-state index in [2.05, 4.69) is 0 Å². The van der Waals surface area contributed by atoms with E-state index >= 15 is 0 Å². The summed E-state index contributed by atoms with van der Waals surface area (Å²) in [7, 11) is 0. The van der Waals surface area contributed by atoms with Gasteiger partial charge >= 0.3 is 0 Å². The summed E-state index contributed by atoms with van der Waals surface area (Å²) in [5.41, 5.74) is 6.36. The minimum atomic E-state index is 0.469. The Morgan fingerprint density at radius 1 is 1.33 bits per heavy atom. The molecule has 12 heavy (non-hydrogen) atoms. The smallest absolute Gasteiger partial charge is 0.0500 e. The molecule has 2 nitrogen and oxygen atoms in total. The molecule has 1 atom stereocenters. The molecule has 0 aromatic carbocycles. The van der Waals surface area contributed by atoms with Crippen LogP contribution in [0.4, 0.5) is 0 Å². The Morgan fingerprint density at radius 3 is 2.58 bits per heavy atom. The average Bonchev–Trinajstić information content (AvgIpc) is 2.76. The average molecular weight is 169 g/mol. The highest BCUT2D eigenvalue weighted by Crippen LogP contribution is 2.46. The van der Waals surface area contributed by atoms with Gasteiger partial charge in [0.1, 0.15) is 0 Å². The Kier molecular flexibility index (Phi) is 2.37. The van der Waals surface area contributed by atoms with Crippen molar-refractivity contribution in [2.24, 2.45) is 17.1 Å². The Morgan fingerprint density at radius 2 is 2.08 bits per heavy atom. The molecule has 1 aliphatic heterocycles. The van der Waals surface area contributed by atoms with Gasteiger partial charge in [0.15, 0.2) is 0 Å². The van der Waals surface area contributed by atoms with Crippen molar-refractivity contribution >= 4 is 0 Å². The second-order valence-corrected chi connectivity index (χ2v) is 4.33. The molecule has 1 aliphatic carbocycles. The first-order valence-corrected chi connectivity index (χ1v) is 5.15. The van der Waals surface area contributed by atoms with Gasteiger partial charge in [-0.05, 0) is 37.1 Å². The highest BCUT2D eigenvalue weighted by Gasteiger charge is 2.41. The summed E-state index contributed by atoms with van der Waals surface area (Å²) in [5.74, 6) is 0.769. The van der Waals surface area contributed by atoms with E-state index in [1.54, 1.807) is 0 Å². The fourth-order valence-electron chi connectivity index (χ4n) is 2.88. The van der Waals surface area contributed by atoms with Gasteiger partial charge < -0.3 is 10.5 Å². The number of nitrogens with two attached hydrogens (primary N) is 1. The maximum absolute atomic E-state index is 5.89. The van der Waals surface area contributed by atoms with Crippen LogP contribution in [0.25, 0.3) is 0 Å². The van der Waals surface area contributed by atoms with E-state index in [0.717, 1.165) is 25.7 Å². The van der Waals surface area contributed by atoms with Crippen LogP contribution in [0.5, 0.6) is 0 Å². The van der Waals surface area contributed by atoms with Gasteiger partial charge in [-0.2, -0.15) is 0 Å². The zero-order valence-corrected chi connectivity index (χ0v) is 7.72. The molecule has 2 rings (SSSR count). The third-order valence-corrected chi connectivity index (χ3v) is 3.80. The van der Waals surface area contributed by atoms with Crippen LogP contribution < -0.4 is 5.73 Å². The Balaban J connectivity index is 2.04. The van der Waals surface area contributed by atoms with Crippen molar-refractivity contribution in [2.75, 3.05) is 19.8 Å². The summed E-state index contributed by atoms with van der Waals surface area (Å²) < 4.78 is 5.44. The zero-order valence-electron chi connectivity index (χ0n) is 7.72. The fraction of sp³-hybridized carbons (Fsp3) is 1.00. The molecule has 1 saturated carbocycles. The molecule has 1 saturated heterocycles. The monoisotopic (exact) mass is 169 g/mol. The summed E-state index contributed by atoms with van der Waals surface area (Å²) in [4.78, 5) is 0. The molecule has 0 aromatic heterocycles. The predicted molar refractivity (Wildman–Crippen MR) is 48.9 cm³/mol. The highest BCUT2D eigenvalue weighted by molar-refractivity contribution is 4.92. The molecule has 0 radical (unpaired) electrons. The quantitative estimate of drug-likeness (QED) is 0.680. The SMILES string of the molecule is NCC1(C2CCOC2)CCCC1. The van der Waals surface area contributed by atoms with Crippen molar-refractivity contribution in [3.63, 3.8) is 0 Å². The molecule has 1 unspecified atom stereocenters. The summed E-state index contributed by atoms with van der Waals surface area (Å²) in [6.45, 7) is 2.81. The molecule has 2 fully saturated rings. The number of rotatable bonds is 2. The van der Waals surface area contributed by atoms with Gasteiger partial charge in [0, 0.05) is 6.61 Å². The highest BCUT2D eigenvalue weighted by atomic mass is 16.5. The fourth-order valence-corrected chi connectivity index (χ4v) is 2.88. The minimum Gasteiger partial charge on any atom is -0.381 e. The van der Waals surface area contributed by atoms with E-state index in [0.29, 0.717) is 5.41 Å². The van der Waals surface area contributed by atoms with Crippen LogP contribution in [0.2, 0.25) is 0 Å². The predicted octanol–water partition coefficient (Wildman–Crippen LogP) is 1.54. The van der Waals surface area contributed by atoms with Gasteiger partial charge in [-0.3, -0.25) is 0 Å². The topological polar surface area (TPSA) is 35.2 Å². The second kappa shape index (κ2) is 3.35. The van der Waals surface area contributed by atoms with Gasteiger partial charge in [0.2, 0.25) is 0 Å². The van der Waals surface area contributed by atoms with E-state index in [9.17, 15) is 0 Å². The van der Waals surface area contributed by atoms with Gasteiger partial charge in [0.05, 0.1) is 6.61 Å². The molecule has 2 heteroatoms. The van der Waals surface area contributed by atoms with Crippen LogP contribution in [-0.2, 0) is 4.74 Å². The van der Waals surface area contributed by atoms with Gasteiger partial charge in [-0.25, -0.2) is 0 Å². The lowest BCUT2D eigenvalue weighted by Crippen LogP contribution is -2.35. The maximum atomic E-state index is 5.89. The van der Waals surface area contributed by atoms with Crippen molar-refractivity contribution in [1.29, 1.82) is 0 Å². The normalized spacial score (nSPS) is 34.2. The molecule has 0 bridgehead atoms. The Labute approximate surface area is 74.5 Å². The van der Waals surface area contributed by atoms with Crippen LogP contribution in [0, 0.1) is 11.3 Å². The lowest BCUT2D eigenvalue weighted by molar-refractivity contribution is 0.128. The molecular weight excluding hydrogens is 150 g/mol. The number of hydrogen-bond acceptors (Lipinski definition) is 2. The molecule has 0 amide bonds. The lowest BCUT2D eigenvalue weighted by atomic mass is 9.73. The minimum absolute atomic E-state index is 0.469. The van der Waals surface area contributed by atoms with Crippen LogP contribution in [0.3, 0.4) is 0 Å². The molecule has 2 N–H and O–H groups in total. The molecule has 0 spiro atoms. The molecule has 0 aromatic rings. The first-order valence-electron chi connectivity index (χ1n) is 5.15. The van der Waals surface area contributed by atoms with E-state index in [1.165, 1.54) is 32.1 Å².